The highest BCUT2D eigenvalue weighted by molar-refractivity contribution is 9.09. The second-order valence-corrected chi connectivity index (χ2v) is 10.9. The molecule has 5 rings (SSSR count). The molecule has 6 atom stereocenters. The molecule has 2 aliphatic carbocycles. The van der Waals surface area contributed by atoms with Crippen molar-refractivity contribution in [2.24, 2.45) is 17.8 Å². The van der Waals surface area contributed by atoms with Crippen LogP contribution in [0.1, 0.15) is 24.3 Å². The van der Waals surface area contributed by atoms with Crippen molar-refractivity contribution >= 4 is 62.8 Å². The molecule has 8 nitrogen and oxygen atoms in total. The molecule has 3 fully saturated rings. The monoisotopic (exact) mass is 610 g/mol. The smallest absolute Gasteiger partial charge is 0.508 e. The summed E-state index contributed by atoms with van der Waals surface area (Å²) < 4.78 is 42.8. The first-order valence-electron chi connectivity index (χ1n) is 10.7. The lowest BCUT2D eigenvalue weighted by atomic mass is 9.56. The van der Waals surface area contributed by atoms with Crippen LogP contribution in [0.4, 0.5) is 13.2 Å². The van der Waals surface area contributed by atoms with E-state index in [4.69, 9.17) is 23.2 Å². The Kier molecular flexibility index (Phi) is 5.70. The number of halogens is 6. The van der Waals surface area contributed by atoms with Gasteiger partial charge in [-0.15, -0.1) is 36.4 Å². The second-order valence-electron chi connectivity index (χ2n) is 9.11. The zero-order chi connectivity index (χ0) is 26.4. The van der Waals surface area contributed by atoms with Crippen LogP contribution < -0.4 is 10.1 Å². The maximum absolute atomic E-state index is 13.5. The van der Waals surface area contributed by atoms with Gasteiger partial charge in [-0.3, -0.25) is 29.4 Å². The Morgan fingerprint density at radius 1 is 1.14 bits per heavy atom. The van der Waals surface area contributed by atoms with Crippen molar-refractivity contribution in [1.82, 2.24) is 10.2 Å². The molecular weight excluding hydrogens is 596 g/mol. The molecule has 4 aliphatic rings. The fraction of sp³-hybridized carbons (Fsp3) is 0.455. The fourth-order valence-electron chi connectivity index (χ4n) is 5.97. The number of nitrogens with one attached hydrogen (secondary N) is 1. The Morgan fingerprint density at radius 2 is 1.83 bits per heavy atom. The number of hydrogen-bond donors (Lipinski definition) is 2. The molecule has 0 radical (unpaired) electrons. The number of allylic oxidation sites excluding steroid dienone is 2. The lowest BCUT2D eigenvalue weighted by Gasteiger charge is -2.50. The molecule has 1 aromatic carbocycles. The number of phenols is 1. The van der Waals surface area contributed by atoms with Crippen LogP contribution in [0.5, 0.6) is 11.5 Å². The van der Waals surface area contributed by atoms with Crippen LogP contribution in [0.3, 0.4) is 0 Å². The molecule has 0 aromatic heterocycles. The number of aromatic hydroxyl groups is 1. The van der Waals surface area contributed by atoms with Crippen LogP contribution in [-0.2, 0) is 19.2 Å². The third-order valence-electron chi connectivity index (χ3n) is 7.40. The van der Waals surface area contributed by atoms with Crippen molar-refractivity contribution in [1.29, 1.82) is 0 Å². The predicted molar refractivity (Wildman–Crippen MR) is 121 cm³/mol. The van der Waals surface area contributed by atoms with E-state index >= 15 is 0 Å². The number of hydrogen-bond acceptors (Lipinski definition) is 6. The summed E-state index contributed by atoms with van der Waals surface area (Å²) in [6.45, 7) is 0. The van der Waals surface area contributed by atoms with Crippen LogP contribution in [0.2, 0.25) is 0 Å². The van der Waals surface area contributed by atoms with E-state index in [2.05, 4.69) is 26.0 Å². The summed E-state index contributed by atoms with van der Waals surface area (Å²) in [5.74, 6) is -8.05. The van der Waals surface area contributed by atoms with Gasteiger partial charge >= 0.3 is 6.36 Å². The average molecular weight is 612 g/mol. The Hall–Kier alpha value is -2.31. The summed E-state index contributed by atoms with van der Waals surface area (Å²) in [5.41, 5.74) is -0.184. The summed E-state index contributed by atoms with van der Waals surface area (Å²) in [4.78, 5) is 48.4. The standard InChI is InChI=1S/C22H16BrCl2F3N2O6/c23-7-30-18(34)20(24)6-12-9(2-3-10-14(12)17(33)29-16(10)32)15(21(20,25)19(30)35)11-5-8(1-4-13(11)31)36-22(26,27)28/h1-2,4-5,10,12,14-15,31H,3,6-7H2,(H,29,32,33). The van der Waals surface area contributed by atoms with Gasteiger partial charge in [0.25, 0.3) is 11.8 Å². The number of fused-ring (bicyclic) bond motifs is 4. The Labute approximate surface area is 219 Å². The molecule has 0 spiro atoms. The number of nitrogens with zero attached hydrogens (tertiary/aromatic N) is 1. The highest BCUT2D eigenvalue weighted by Gasteiger charge is 2.76. The van der Waals surface area contributed by atoms with Gasteiger partial charge in [-0.05, 0) is 37.0 Å². The van der Waals surface area contributed by atoms with Gasteiger partial charge in [0.15, 0.2) is 9.75 Å². The molecule has 6 unspecified atom stereocenters. The number of alkyl halides is 6. The van der Waals surface area contributed by atoms with Gasteiger partial charge in [-0.25, -0.2) is 0 Å². The van der Waals surface area contributed by atoms with Crippen LogP contribution in [0.15, 0.2) is 29.8 Å². The Morgan fingerprint density at radius 3 is 2.47 bits per heavy atom. The second kappa shape index (κ2) is 8.09. The number of likely N-dealkylation sites (tertiary alicyclic amines) is 1. The quantitative estimate of drug-likeness (QED) is 0.235. The van der Waals surface area contributed by atoms with E-state index in [0.29, 0.717) is 5.57 Å². The summed E-state index contributed by atoms with van der Waals surface area (Å²) in [6.07, 6.45) is -3.67. The third-order valence-corrected chi connectivity index (χ3v) is 9.32. The summed E-state index contributed by atoms with van der Waals surface area (Å²) in [5, 5.41) is 13.0. The van der Waals surface area contributed by atoms with E-state index in [1.807, 2.05) is 0 Å². The largest absolute Gasteiger partial charge is 0.573 e. The minimum Gasteiger partial charge on any atom is -0.508 e. The first-order valence-corrected chi connectivity index (χ1v) is 12.6. The van der Waals surface area contributed by atoms with Crippen LogP contribution >= 0.6 is 39.1 Å². The van der Waals surface area contributed by atoms with Gasteiger partial charge < -0.3 is 9.84 Å². The fourth-order valence-corrected chi connectivity index (χ4v) is 7.39. The van der Waals surface area contributed by atoms with E-state index in [-0.39, 0.29) is 23.9 Å². The highest BCUT2D eigenvalue weighted by Crippen LogP contribution is 2.66. The van der Waals surface area contributed by atoms with Gasteiger partial charge in [0, 0.05) is 11.5 Å². The molecule has 36 heavy (non-hydrogen) atoms. The highest BCUT2D eigenvalue weighted by atomic mass is 79.9. The lowest BCUT2D eigenvalue weighted by Crippen LogP contribution is -2.60. The van der Waals surface area contributed by atoms with Crippen molar-refractivity contribution in [2.45, 2.75) is 34.9 Å². The lowest BCUT2D eigenvalue weighted by molar-refractivity contribution is -0.274. The van der Waals surface area contributed by atoms with Crippen LogP contribution in [-0.4, -0.2) is 55.2 Å². The van der Waals surface area contributed by atoms with E-state index < -0.39 is 74.9 Å². The Bertz CT molecular complexity index is 1260. The number of phenolic OH excluding ortho intramolecular Hbond substituents is 1. The SMILES string of the molecule is O=C1NC(=O)C2C1CC=C1C2CC2(Cl)C(=O)N(CBr)C(=O)C2(Cl)C1c1cc(OC(F)(F)F)ccc1O. The van der Waals surface area contributed by atoms with E-state index in [0.717, 1.165) is 23.1 Å². The molecule has 2 aliphatic heterocycles. The first-order chi connectivity index (χ1) is 16.7. The Balaban J connectivity index is 1.75. The molecule has 2 heterocycles. The minimum atomic E-state index is -5.05. The van der Waals surface area contributed by atoms with Gasteiger partial charge in [-0.2, -0.15) is 0 Å². The molecule has 2 saturated heterocycles. The molecule has 192 valence electrons. The van der Waals surface area contributed by atoms with Crippen molar-refractivity contribution in [2.75, 3.05) is 5.45 Å². The molecule has 14 heteroatoms. The molecule has 0 bridgehead atoms. The van der Waals surface area contributed by atoms with Crippen LogP contribution in [0, 0.1) is 17.8 Å². The summed E-state index contributed by atoms with van der Waals surface area (Å²) >= 11 is 16.9. The van der Waals surface area contributed by atoms with Crippen molar-refractivity contribution in [3.8, 4) is 11.5 Å². The molecule has 1 aromatic rings. The molecule has 1 saturated carbocycles. The number of carbonyl (C=O) groups excluding carboxylic acids is 4. The zero-order valence-corrected chi connectivity index (χ0v) is 21.0. The number of amides is 4. The normalized spacial score (nSPS) is 35.7. The number of benzene rings is 1. The van der Waals surface area contributed by atoms with E-state index in [1.54, 1.807) is 6.08 Å². The topological polar surface area (TPSA) is 113 Å². The summed E-state index contributed by atoms with van der Waals surface area (Å²) in [7, 11) is 0. The number of rotatable bonds is 3. The molecule has 4 amide bonds. The predicted octanol–water partition coefficient (Wildman–Crippen LogP) is 3.29. The number of ether oxygens (including phenoxy) is 1. The molecule has 2 N–H and O–H groups in total. The average Bonchev–Trinajstić information content (AvgIpc) is 3.15. The minimum absolute atomic E-state index is 0.0800. The van der Waals surface area contributed by atoms with Gasteiger partial charge in [0.2, 0.25) is 11.8 Å². The van der Waals surface area contributed by atoms with Crippen LogP contribution in [0.25, 0.3) is 0 Å². The molecular formula is C22H16BrCl2F3N2O6. The zero-order valence-electron chi connectivity index (χ0n) is 17.9. The number of carbonyl (C=O) groups is 4. The number of imide groups is 2. The van der Waals surface area contributed by atoms with E-state index in [1.165, 1.54) is 0 Å². The van der Waals surface area contributed by atoms with Gasteiger partial charge in [0.1, 0.15) is 11.5 Å². The third kappa shape index (κ3) is 3.33. The van der Waals surface area contributed by atoms with Gasteiger partial charge in [-0.1, -0.05) is 27.6 Å². The maximum Gasteiger partial charge on any atom is 0.573 e. The maximum atomic E-state index is 13.5. The van der Waals surface area contributed by atoms with Crippen molar-refractivity contribution in [3.63, 3.8) is 0 Å². The summed E-state index contributed by atoms with van der Waals surface area (Å²) in [6, 6.07) is 2.69. The van der Waals surface area contributed by atoms with E-state index in [9.17, 15) is 37.5 Å². The van der Waals surface area contributed by atoms with Crippen molar-refractivity contribution in [3.05, 3.63) is 35.4 Å². The first kappa shape index (κ1) is 25.3. The van der Waals surface area contributed by atoms with Crippen molar-refractivity contribution < 1.29 is 42.2 Å². The van der Waals surface area contributed by atoms with Gasteiger partial charge in [0.05, 0.1) is 17.3 Å².